The second kappa shape index (κ2) is 11.2. The van der Waals surface area contributed by atoms with Crippen molar-refractivity contribution >= 4 is 46.4 Å². The molecule has 3 aromatic rings. The number of hydrogen-bond acceptors (Lipinski definition) is 4. The molecule has 1 heterocycles. The fourth-order valence-corrected chi connectivity index (χ4v) is 4.37. The molecule has 3 aromatic carbocycles. The van der Waals surface area contributed by atoms with E-state index in [1.807, 2.05) is 30.3 Å². The van der Waals surface area contributed by atoms with Gasteiger partial charge in [-0.2, -0.15) is 0 Å². The zero-order valence-corrected chi connectivity index (χ0v) is 20.8. The molecular weight excluding hydrogens is 527 g/mol. The van der Waals surface area contributed by atoms with Gasteiger partial charge < -0.3 is 15.0 Å². The Morgan fingerprint density at radius 1 is 0.946 bits per heavy atom. The van der Waals surface area contributed by atoms with E-state index in [2.05, 4.69) is 10.1 Å². The summed E-state index contributed by atoms with van der Waals surface area (Å²) >= 11 is 11.5. The molecule has 1 N–H and O–H groups in total. The Bertz CT molecular complexity index is 1270. The third kappa shape index (κ3) is 6.99. The monoisotopic (exact) mass is 547 g/mol. The van der Waals surface area contributed by atoms with E-state index in [0.717, 1.165) is 5.56 Å². The van der Waals surface area contributed by atoms with E-state index in [9.17, 15) is 22.8 Å². The van der Waals surface area contributed by atoms with Gasteiger partial charge in [0.25, 0.3) is 5.91 Å². The average Bonchev–Trinajstić information content (AvgIpc) is 3.05. The number of halogens is 4. The first kappa shape index (κ1) is 26.4. The van der Waals surface area contributed by atoms with Crippen LogP contribution < -0.4 is 10.1 Å². The first-order valence-electron chi connectivity index (χ1n) is 11.1. The number of hydrogen-bond donors (Lipinski definition) is 1. The Hall–Kier alpha value is -3.63. The molecule has 1 unspecified atom stereocenters. The van der Waals surface area contributed by atoms with Gasteiger partial charge in [0.2, 0.25) is 5.91 Å². The molecule has 1 atom stereocenters. The molecule has 0 radical (unpaired) electrons. The molecule has 1 aliphatic rings. The highest BCUT2D eigenvalue weighted by molar-refractivity contribution is 7.80. The summed E-state index contributed by atoms with van der Waals surface area (Å²) in [5, 5.41) is 3.50. The molecule has 2 amide bonds. The molecule has 6 nitrogen and oxygen atoms in total. The van der Waals surface area contributed by atoms with Crippen LogP contribution in [0.15, 0.2) is 78.9 Å². The van der Waals surface area contributed by atoms with E-state index >= 15 is 0 Å². The van der Waals surface area contributed by atoms with Gasteiger partial charge in [-0.05, 0) is 59.7 Å². The van der Waals surface area contributed by atoms with Gasteiger partial charge in [-0.3, -0.25) is 14.5 Å². The first-order chi connectivity index (χ1) is 17.6. The maximum absolute atomic E-state index is 13.4. The molecule has 11 heteroatoms. The van der Waals surface area contributed by atoms with Crippen LogP contribution in [0.3, 0.4) is 0 Å². The fraction of sp³-hybridized carbons (Fsp3) is 0.192. The highest BCUT2D eigenvalue weighted by Crippen LogP contribution is 2.28. The van der Waals surface area contributed by atoms with Crippen LogP contribution in [-0.2, 0) is 22.7 Å². The molecule has 0 aromatic heterocycles. The summed E-state index contributed by atoms with van der Waals surface area (Å²) in [6.07, 6.45) is -4.98. The van der Waals surface area contributed by atoms with Gasteiger partial charge in [0.05, 0.1) is 13.0 Å². The number of anilines is 1. The minimum Gasteiger partial charge on any atom is -0.406 e. The lowest BCUT2D eigenvalue weighted by molar-refractivity contribution is -0.274. The Kier molecular flexibility index (Phi) is 7.99. The van der Waals surface area contributed by atoms with Crippen molar-refractivity contribution in [3.05, 3.63) is 95.0 Å². The second-order valence-corrected chi connectivity index (χ2v) is 9.09. The standard InChI is InChI=1S/C26H21ClF3N3O3S/c27-19-8-10-20(11-9-19)31-23(34)14-22-24(35)33(16-17-4-2-1-3-5-17)25(37)32(22)15-18-6-12-21(13-7-18)36-26(28,29)30/h1-13,22H,14-16H2,(H,31,34). The van der Waals surface area contributed by atoms with E-state index in [-0.39, 0.29) is 36.3 Å². The minimum absolute atomic E-state index is 0.112. The van der Waals surface area contributed by atoms with Crippen molar-refractivity contribution in [2.75, 3.05) is 5.32 Å². The van der Waals surface area contributed by atoms with Gasteiger partial charge in [-0.15, -0.1) is 13.2 Å². The summed E-state index contributed by atoms with van der Waals surface area (Å²) in [5.74, 6) is -1.10. The van der Waals surface area contributed by atoms with Crippen molar-refractivity contribution in [2.24, 2.45) is 0 Å². The van der Waals surface area contributed by atoms with Crippen molar-refractivity contribution in [1.82, 2.24) is 9.80 Å². The summed E-state index contributed by atoms with van der Waals surface area (Å²) in [4.78, 5) is 29.3. The van der Waals surface area contributed by atoms with Crippen molar-refractivity contribution < 1.29 is 27.5 Å². The number of thiocarbonyl (C=S) groups is 1. The zero-order valence-electron chi connectivity index (χ0n) is 19.2. The predicted molar refractivity (Wildman–Crippen MR) is 137 cm³/mol. The Morgan fingerprint density at radius 2 is 1.57 bits per heavy atom. The van der Waals surface area contributed by atoms with Crippen molar-refractivity contribution in [1.29, 1.82) is 0 Å². The maximum atomic E-state index is 13.4. The van der Waals surface area contributed by atoms with Crippen LogP contribution in [0, 0.1) is 0 Å². The number of rotatable bonds is 8. The number of amides is 2. The van der Waals surface area contributed by atoms with Crippen LogP contribution in [0.4, 0.5) is 18.9 Å². The molecule has 1 fully saturated rings. The molecular formula is C26H21ClF3N3O3S. The number of carbonyl (C=O) groups is 2. The van der Waals surface area contributed by atoms with E-state index in [1.165, 1.54) is 29.2 Å². The van der Waals surface area contributed by atoms with Crippen LogP contribution in [0.25, 0.3) is 0 Å². The molecule has 4 rings (SSSR count). The Morgan fingerprint density at radius 3 is 2.19 bits per heavy atom. The van der Waals surface area contributed by atoms with Gasteiger partial charge in [-0.1, -0.05) is 54.1 Å². The van der Waals surface area contributed by atoms with E-state index < -0.39 is 18.3 Å². The van der Waals surface area contributed by atoms with Crippen LogP contribution in [0.5, 0.6) is 5.75 Å². The van der Waals surface area contributed by atoms with Crippen LogP contribution in [0.2, 0.25) is 5.02 Å². The Balaban J connectivity index is 1.53. The summed E-state index contributed by atoms with van der Waals surface area (Å²) < 4.78 is 41.4. The first-order valence-corrected chi connectivity index (χ1v) is 11.9. The van der Waals surface area contributed by atoms with Gasteiger partial charge in [-0.25, -0.2) is 0 Å². The molecule has 0 aliphatic carbocycles. The van der Waals surface area contributed by atoms with Crippen LogP contribution in [-0.4, -0.2) is 39.1 Å². The largest absolute Gasteiger partial charge is 0.573 e. The number of carbonyl (C=O) groups excluding carboxylic acids is 2. The predicted octanol–water partition coefficient (Wildman–Crippen LogP) is 5.77. The molecule has 1 saturated heterocycles. The average molecular weight is 548 g/mol. The van der Waals surface area contributed by atoms with Gasteiger partial charge in [0.1, 0.15) is 11.8 Å². The molecule has 0 bridgehead atoms. The summed E-state index contributed by atoms with van der Waals surface area (Å²) in [6, 6.07) is 20.2. The fourth-order valence-electron chi connectivity index (χ4n) is 3.90. The maximum Gasteiger partial charge on any atom is 0.573 e. The number of alkyl halides is 3. The van der Waals surface area contributed by atoms with E-state index in [1.54, 1.807) is 29.2 Å². The number of nitrogens with zero attached hydrogens (tertiary/aromatic N) is 2. The van der Waals surface area contributed by atoms with Gasteiger partial charge in [0.15, 0.2) is 5.11 Å². The quantitative estimate of drug-likeness (QED) is 0.363. The highest BCUT2D eigenvalue weighted by atomic mass is 35.5. The Labute approximate surface area is 221 Å². The lowest BCUT2D eigenvalue weighted by atomic mass is 10.1. The summed E-state index contributed by atoms with van der Waals surface area (Å²) in [5.41, 5.74) is 1.97. The molecule has 0 spiro atoms. The minimum atomic E-state index is -4.80. The lowest BCUT2D eigenvalue weighted by Gasteiger charge is -2.24. The summed E-state index contributed by atoms with van der Waals surface area (Å²) in [7, 11) is 0. The topological polar surface area (TPSA) is 61.9 Å². The smallest absolute Gasteiger partial charge is 0.406 e. The molecule has 0 saturated carbocycles. The zero-order chi connectivity index (χ0) is 26.6. The normalized spacial score (nSPS) is 15.7. The highest BCUT2D eigenvalue weighted by Gasteiger charge is 2.43. The third-order valence-corrected chi connectivity index (χ3v) is 6.31. The number of nitrogens with one attached hydrogen (secondary N) is 1. The number of benzene rings is 3. The van der Waals surface area contributed by atoms with E-state index in [0.29, 0.717) is 16.3 Å². The second-order valence-electron chi connectivity index (χ2n) is 8.29. The number of ether oxygens (including phenoxy) is 1. The van der Waals surface area contributed by atoms with Crippen molar-refractivity contribution in [3.63, 3.8) is 0 Å². The molecule has 37 heavy (non-hydrogen) atoms. The molecule has 192 valence electrons. The summed E-state index contributed by atoms with van der Waals surface area (Å²) in [6.45, 7) is 0.337. The van der Waals surface area contributed by atoms with E-state index in [4.69, 9.17) is 23.8 Å². The van der Waals surface area contributed by atoms with Crippen LogP contribution in [0.1, 0.15) is 17.5 Å². The third-order valence-electron chi connectivity index (χ3n) is 5.60. The van der Waals surface area contributed by atoms with Crippen molar-refractivity contribution in [3.8, 4) is 5.75 Å². The molecule has 1 aliphatic heterocycles. The van der Waals surface area contributed by atoms with Gasteiger partial charge in [0, 0.05) is 17.3 Å². The van der Waals surface area contributed by atoms with Crippen molar-refractivity contribution in [2.45, 2.75) is 31.9 Å². The lowest BCUT2D eigenvalue weighted by Crippen LogP contribution is -2.37. The SMILES string of the molecule is O=C(CC1C(=O)N(Cc2ccccc2)C(=S)N1Cc1ccc(OC(F)(F)F)cc1)Nc1ccc(Cl)cc1. The van der Waals surface area contributed by atoms with Crippen LogP contribution >= 0.6 is 23.8 Å². The van der Waals surface area contributed by atoms with Gasteiger partial charge >= 0.3 is 6.36 Å².